The Morgan fingerprint density at radius 3 is 2.52 bits per heavy atom. The second-order valence-electron chi connectivity index (χ2n) is 6.26. The van der Waals surface area contributed by atoms with Gasteiger partial charge in [0.1, 0.15) is 30.3 Å². The molecule has 0 unspecified atom stereocenters. The van der Waals surface area contributed by atoms with Crippen LogP contribution in [0.4, 0.5) is 22.9 Å². The highest BCUT2D eigenvalue weighted by Crippen LogP contribution is 2.43. The summed E-state index contributed by atoms with van der Waals surface area (Å²) in [5.41, 5.74) is 4.52. The molecule has 134 valence electrons. The van der Waals surface area contributed by atoms with Crippen molar-refractivity contribution < 1.29 is 20.4 Å². The standard InChI is InChI=1S/C17H22N4O4/c1-9-3-11-13(4-10(9)2)21(6-14(23)16(25)15(24)7-22)17-12(20-11)5-18-8-19-17/h3-5,8,14-16,20,22-25H,6-7H2,1-2H3/t14-,15+,16-/m1/s1. The average molecular weight is 346 g/mol. The Morgan fingerprint density at radius 1 is 1.08 bits per heavy atom. The zero-order chi connectivity index (χ0) is 18.1. The minimum absolute atomic E-state index is 0.000574. The lowest BCUT2D eigenvalue weighted by molar-refractivity contribution is -0.0726. The number of nitrogens with zero attached hydrogens (tertiary/aromatic N) is 3. The van der Waals surface area contributed by atoms with Crippen molar-refractivity contribution in [2.45, 2.75) is 32.2 Å². The monoisotopic (exact) mass is 346 g/mol. The van der Waals surface area contributed by atoms with Gasteiger partial charge in [-0.25, -0.2) is 9.97 Å². The quantitative estimate of drug-likeness (QED) is 0.526. The van der Waals surface area contributed by atoms with Gasteiger partial charge in [0.15, 0.2) is 5.82 Å². The molecule has 8 nitrogen and oxygen atoms in total. The van der Waals surface area contributed by atoms with Gasteiger partial charge in [0, 0.05) is 0 Å². The molecule has 3 rings (SSSR count). The van der Waals surface area contributed by atoms with Crippen molar-refractivity contribution in [1.29, 1.82) is 0 Å². The number of benzene rings is 1. The number of anilines is 4. The first-order valence-electron chi connectivity index (χ1n) is 8.03. The van der Waals surface area contributed by atoms with E-state index in [0.717, 1.165) is 22.5 Å². The molecule has 0 spiro atoms. The van der Waals surface area contributed by atoms with Crippen molar-refractivity contribution in [3.8, 4) is 0 Å². The van der Waals surface area contributed by atoms with Crippen LogP contribution in [0.25, 0.3) is 0 Å². The largest absolute Gasteiger partial charge is 0.394 e. The molecule has 0 aliphatic carbocycles. The summed E-state index contributed by atoms with van der Waals surface area (Å²) < 4.78 is 0. The molecule has 0 fully saturated rings. The molecular weight excluding hydrogens is 324 g/mol. The van der Waals surface area contributed by atoms with Crippen LogP contribution in [0, 0.1) is 13.8 Å². The number of β-amino-alcohol motifs (C(OH)–C–C–N with tert-alkyl or cyclic N) is 1. The summed E-state index contributed by atoms with van der Waals surface area (Å²) >= 11 is 0. The Labute approximate surface area is 145 Å². The third-order valence-electron chi connectivity index (χ3n) is 4.46. The van der Waals surface area contributed by atoms with E-state index in [1.807, 2.05) is 26.0 Å². The van der Waals surface area contributed by atoms with E-state index >= 15 is 0 Å². The molecule has 0 saturated carbocycles. The molecule has 2 aromatic rings. The van der Waals surface area contributed by atoms with Gasteiger partial charge in [0.05, 0.1) is 30.7 Å². The lowest BCUT2D eigenvalue weighted by Gasteiger charge is -2.35. The van der Waals surface area contributed by atoms with E-state index in [2.05, 4.69) is 15.3 Å². The minimum atomic E-state index is -1.47. The van der Waals surface area contributed by atoms with E-state index in [-0.39, 0.29) is 6.54 Å². The zero-order valence-electron chi connectivity index (χ0n) is 14.1. The van der Waals surface area contributed by atoms with Crippen LogP contribution in [0.1, 0.15) is 11.1 Å². The number of aryl methyl sites for hydroxylation is 2. The summed E-state index contributed by atoms with van der Waals surface area (Å²) in [7, 11) is 0. The topological polar surface area (TPSA) is 122 Å². The molecule has 1 aromatic carbocycles. The predicted molar refractivity (Wildman–Crippen MR) is 93.3 cm³/mol. The molecule has 5 N–H and O–H groups in total. The number of hydrogen-bond acceptors (Lipinski definition) is 8. The molecule has 8 heteroatoms. The van der Waals surface area contributed by atoms with E-state index < -0.39 is 24.9 Å². The Hall–Kier alpha value is -2.26. The molecule has 1 aliphatic heterocycles. The first-order valence-corrected chi connectivity index (χ1v) is 8.03. The van der Waals surface area contributed by atoms with Gasteiger partial charge in [0.2, 0.25) is 0 Å². The van der Waals surface area contributed by atoms with Crippen LogP contribution in [-0.4, -0.2) is 61.9 Å². The summed E-state index contributed by atoms with van der Waals surface area (Å²) in [6.45, 7) is 3.37. The third kappa shape index (κ3) is 3.29. The highest BCUT2D eigenvalue weighted by Gasteiger charge is 2.31. The summed E-state index contributed by atoms with van der Waals surface area (Å²) in [4.78, 5) is 10.1. The number of aromatic nitrogens is 2. The van der Waals surface area contributed by atoms with Crippen molar-refractivity contribution >= 4 is 22.9 Å². The molecule has 2 heterocycles. The Kier molecular flexibility index (Phi) is 4.87. The average Bonchev–Trinajstić information content (AvgIpc) is 2.61. The van der Waals surface area contributed by atoms with Crippen LogP contribution in [-0.2, 0) is 0 Å². The smallest absolute Gasteiger partial charge is 0.160 e. The van der Waals surface area contributed by atoms with Gasteiger partial charge in [-0.05, 0) is 37.1 Å². The SMILES string of the molecule is Cc1cc2c(cc1C)N(C[C@@H](O)[C@@H](O)[C@@H](O)CO)c1ncncc1N2. The second-order valence-corrected chi connectivity index (χ2v) is 6.26. The van der Waals surface area contributed by atoms with Crippen molar-refractivity contribution in [2.75, 3.05) is 23.4 Å². The number of fused-ring (bicyclic) bond motifs is 2. The summed E-state index contributed by atoms with van der Waals surface area (Å²) in [5, 5.41) is 42.1. The van der Waals surface area contributed by atoms with Crippen molar-refractivity contribution in [1.82, 2.24) is 9.97 Å². The van der Waals surface area contributed by atoms with Crippen molar-refractivity contribution in [3.63, 3.8) is 0 Å². The predicted octanol–water partition coefficient (Wildman–Crippen LogP) is 0.364. The molecule has 0 saturated heterocycles. The maximum Gasteiger partial charge on any atom is 0.160 e. The molecule has 0 bridgehead atoms. The van der Waals surface area contributed by atoms with Crippen molar-refractivity contribution in [2.24, 2.45) is 0 Å². The number of aliphatic hydroxyl groups is 4. The van der Waals surface area contributed by atoms with Gasteiger partial charge in [-0.3, -0.25) is 0 Å². The van der Waals surface area contributed by atoms with Crippen LogP contribution in [0.2, 0.25) is 0 Å². The third-order valence-corrected chi connectivity index (χ3v) is 4.46. The van der Waals surface area contributed by atoms with Crippen LogP contribution in [0.15, 0.2) is 24.7 Å². The van der Waals surface area contributed by atoms with E-state index in [9.17, 15) is 15.3 Å². The highest BCUT2D eigenvalue weighted by molar-refractivity contribution is 5.90. The van der Waals surface area contributed by atoms with Crippen LogP contribution in [0.5, 0.6) is 0 Å². The van der Waals surface area contributed by atoms with Crippen LogP contribution < -0.4 is 10.2 Å². The number of hydrogen-bond donors (Lipinski definition) is 5. The minimum Gasteiger partial charge on any atom is -0.394 e. The Morgan fingerprint density at radius 2 is 1.80 bits per heavy atom. The first-order chi connectivity index (χ1) is 11.9. The fourth-order valence-corrected chi connectivity index (χ4v) is 2.85. The lowest BCUT2D eigenvalue weighted by atomic mass is 10.0. The lowest BCUT2D eigenvalue weighted by Crippen LogP contribution is -2.45. The fraction of sp³-hybridized carbons (Fsp3) is 0.412. The molecule has 25 heavy (non-hydrogen) atoms. The van der Waals surface area contributed by atoms with Gasteiger partial charge in [-0.15, -0.1) is 0 Å². The molecule has 1 aliphatic rings. The number of rotatable bonds is 5. The number of nitrogens with one attached hydrogen (secondary N) is 1. The first kappa shape index (κ1) is 17.6. The van der Waals surface area contributed by atoms with E-state index in [1.54, 1.807) is 11.1 Å². The maximum absolute atomic E-state index is 10.3. The fourth-order valence-electron chi connectivity index (χ4n) is 2.85. The van der Waals surface area contributed by atoms with Crippen molar-refractivity contribution in [3.05, 3.63) is 35.8 Å². The molecular formula is C17H22N4O4. The van der Waals surface area contributed by atoms with Gasteiger partial charge in [-0.2, -0.15) is 0 Å². The summed E-state index contributed by atoms with van der Waals surface area (Å²) in [5.74, 6) is 0.565. The normalized spacial score (nSPS) is 16.5. The van der Waals surface area contributed by atoms with E-state index in [1.165, 1.54) is 6.33 Å². The van der Waals surface area contributed by atoms with E-state index in [4.69, 9.17) is 5.11 Å². The molecule has 0 radical (unpaired) electrons. The highest BCUT2D eigenvalue weighted by atomic mass is 16.4. The molecule has 3 atom stereocenters. The van der Waals surface area contributed by atoms with Gasteiger partial charge in [0.25, 0.3) is 0 Å². The molecule has 1 aromatic heterocycles. The molecule has 0 amide bonds. The Bertz CT molecular complexity index is 770. The second kappa shape index (κ2) is 6.93. The Balaban J connectivity index is 1.99. The zero-order valence-corrected chi connectivity index (χ0v) is 14.1. The van der Waals surface area contributed by atoms with Crippen LogP contribution >= 0.6 is 0 Å². The van der Waals surface area contributed by atoms with E-state index in [0.29, 0.717) is 11.5 Å². The van der Waals surface area contributed by atoms with Gasteiger partial charge >= 0.3 is 0 Å². The van der Waals surface area contributed by atoms with Gasteiger partial charge < -0.3 is 30.6 Å². The summed E-state index contributed by atoms with van der Waals surface area (Å²) in [6.07, 6.45) is -1.12. The maximum atomic E-state index is 10.3. The number of aliphatic hydroxyl groups excluding tert-OH is 4. The van der Waals surface area contributed by atoms with Crippen LogP contribution in [0.3, 0.4) is 0 Å². The summed E-state index contributed by atoms with van der Waals surface area (Å²) in [6, 6.07) is 3.98. The van der Waals surface area contributed by atoms with Gasteiger partial charge in [-0.1, -0.05) is 0 Å².